The molecule has 112 valence electrons. The summed E-state index contributed by atoms with van der Waals surface area (Å²) in [5, 5.41) is 0. The molecule has 2 saturated heterocycles. The molecule has 2 aliphatic rings. The van der Waals surface area contributed by atoms with E-state index >= 15 is 0 Å². The molecule has 0 N–H and O–H groups in total. The Morgan fingerprint density at radius 1 is 1.11 bits per heavy atom. The van der Waals surface area contributed by atoms with Crippen LogP contribution in [-0.2, 0) is 0 Å². The fourth-order valence-corrected chi connectivity index (χ4v) is 4.22. The number of fused-ring (bicyclic) bond motifs is 1. The van der Waals surface area contributed by atoms with Crippen molar-refractivity contribution < 1.29 is 0 Å². The third kappa shape index (κ3) is 4.64. The number of piperazine rings is 1. The van der Waals surface area contributed by atoms with Gasteiger partial charge >= 0.3 is 0 Å². The van der Waals surface area contributed by atoms with Crippen LogP contribution in [0.2, 0.25) is 0 Å². The molecule has 2 heterocycles. The van der Waals surface area contributed by atoms with E-state index in [0.29, 0.717) is 0 Å². The molecule has 0 aliphatic carbocycles. The second-order valence-corrected chi connectivity index (χ2v) is 7.24. The van der Waals surface area contributed by atoms with Gasteiger partial charge in [-0.3, -0.25) is 9.80 Å². The molecule has 2 nitrogen and oxygen atoms in total. The topological polar surface area (TPSA) is 6.48 Å². The Balaban J connectivity index is 1.66. The summed E-state index contributed by atoms with van der Waals surface area (Å²) in [6, 6.07) is 1.72. The van der Waals surface area contributed by atoms with E-state index in [4.69, 9.17) is 0 Å². The van der Waals surface area contributed by atoms with Gasteiger partial charge in [0.25, 0.3) is 0 Å². The van der Waals surface area contributed by atoms with E-state index in [-0.39, 0.29) is 0 Å². The summed E-state index contributed by atoms with van der Waals surface area (Å²) in [4.78, 5) is 5.56. The number of nitrogens with zero attached hydrogens (tertiary/aromatic N) is 2. The number of hydrogen-bond donors (Lipinski definition) is 0. The summed E-state index contributed by atoms with van der Waals surface area (Å²) in [7, 11) is 0. The Bertz CT molecular complexity index is 247. The van der Waals surface area contributed by atoms with Crippen LogP contribution in [0, 0.1) is 0 Å². The lowest BCUT2D eigenvalue weighted by molar-refractivity contribution is 0.0481. The van der Waals surface area contributed by atoms with Gasteiger partial charge in [0.2, 0.25) is 0 Å². The van der Waals surface area contributed by atoms with Gasteiger partial charge in [-0.15, -0.1) is 0 Å². The van der Waals surface area contributed by atoms with Crippen LogP contribution in [-0.4, -0.2) is 60.1 Å². The molecule has 0 bridgehead atoms. The highest BCUT2D eigenvalue weighted by atomic mass is 32.2. The van der Waals surface area contributed by atoms with Gasteiger partial charge in [-0.25, -0.2) is 0 Å². The SMILES string of the molecule is CCC1CN2CCCC2CN1CCCCCCSC. The van der Waals surface area contributed by atoms with Gasteiger partial charge in [-0.2, -0.15) is 11.8 Å². The molecule has 0 aromatic heterocycles. The molecule has 2 fully saturated rings. The Labute approximate surface area is 124 Å². The summed E-state index contributed by atoms with van der Waals surface area (Å²) in [6.07, 6.45) is 12.1. The van der Waals surface area contributed by atoms with E-state index in [9.17, 15) is 0 Å². The standard InChI is InChI=1S/C16H32N2S/c1-3-15-13-18-11-8-9-16(18)14-17(15)10-6-4-5-7-12-19-2/h15-16H,3-14H2,1-2H3. The number of hydrogen-bond acceptors (Lipinski definition) is 3. The van der Waals surface area contributed by atoms with Gasteiger partial charge in [-0.05, 0) is 57.2 Å². The van der Waals surface area contributed by atoms with Crippen molar-refractivity contribution in [2.45, 2.75) is 64.0 Å². The van der Waals surface area contributed by atoms with Crippen LogP contribution in [0.25, 0.3) is 0 Å². The first-order valence-corrected chi connectivity index (χ1v) is 9.71. The summed E-state index contributed by atoms with van der Waals surface area (Å²) in [5.41, 5.74) is 0. The Kier molecular flexibility index (Phi) is 7.03. The zero-order chi connectivity index (χ0) is 13.5. The molecule has 0 amide bonds. The second-order valence-electron chi connectivity index (χ2n) is 6.26. The quantitative estimate of drug-likeness (QED) is 0.630. The summed E-state index contributed by atoms with van der Waals surface area (Å²) in [6.45, 7) is 7.77. The first-order chi connectivity index (χ1) is 9.35. The molecular formula is C16H32N2S. The highest BCUT2D eigenvalue weighted by Crippen LogP contribution is 2.26. The molecule has 19 heavy (non-hydrogen) atoms. The first kappa shape index (κ1) is 15.7. The zero-order valence-corrected chi connectivity index (χ0v) is 13.8. The van der Waals surface area contributed by atoms with Crippen LogP contribution in [0.1, 0.15) is 51.9 Å². The van der Waals surface area contributed by atoms with Gasteiger partial charge < -0.3 is 0 Å². The van der Waals surface area contributed by atoms with Crippen molar-refractivity contribution in [3.05, 3.63) is 0 Å². The van der Waals surface area contributed by atoms with Gasteiger partial charge in [0.1, 0.15) is 0 Å². The van der Waals surface area contributed by atoms with Crippen molar-refractivity contribution in [3.63, 3.8) is 0 Å². The van der Waals surface area contributed by atoms with Crippen molar-refractivity contribution in [3.8, 4) is 0 Å². The molecule has 0 aromatic rings. The fraction of sp³-hybridized carbons (Fsp3) is 1.00. The van der Waals surface area contributed by atoms with Crippen LogP contribution >= 0.6 is 11.8 Å². The third-order valence-electron chi connectivity index (χ3n) is 4.92. The summed E-state index contributed by atoms with van der Waals surface area (Å²) < 4.78 is 0. The van der Waals surface area contributed by atoms with Crippen LogP contribution in [0.5, 0.6) is 0 Å². The van der Waals surface area contributed by atoms with Gasteiger partial charge in [0.15, 0.2) is 0 Å². The molecule has 2 rings (SSSR count). The minimum absolute atomic E-state index is 0.834. The normalized spacial score (nSPS) is 28.7. The molecule has 0 radical (unpaired) electrons. The average Bonchev–Trinajstić information content (AvgIpc) is 2.88. The average molecular weight is 285 g/mol. The zero-order valence-electron chi connectivity index (χ0n) is 12.9. The van der Waals surface area contributed by atoms with Crippen LogP contribution in [0.3, 0.4) is 0 Å². The van der Waals surface area contributed by atoms with Gasteiger partial charge in [0.05, 0.1) is 0 Å². The maximum Gasteiger partial charge on any atom is 0.0224 e. The maximum absolute atomic E-state index is 2.81. The largest absolute Gasteiger partial charge is 0.298 e. The fourth-order valence-electron chi connectivity index (χ4n) is 3.72. The number of unbranched alkanes of at least 4 members (excludes halogenated alkanes) is 3. The summed E-state index contributed by atoms with van der Waals surface area (Å²) in [5.74, 6) is 1.35. The monoisotopic (exact) mass is 284 g/mol. The molecular weight excluding hydrogens is 252 g/mol. The van der Waals surface area contributed by atoms with Crippen molar-refractivity contribution in [1.82, 2.24) is 9.80 Å². The van der Waals surface area contributed by atoms with Crippen LogP contribution in [0.15, 0.2) is 0 Å². The third-order valence-corrected chi connectivity index (χ3v) is 5.62. The summed E-state index contributed by atoms with van der Waals surface area (Å²) >= 11 is 1.99. The van der Waals surface area contributed by atoms with E-state index < -0.39 is 0 Å². The van der Waals surface area contributed by atoms with Gasteiger partial charge in [0, 0.05) is 25.2 Å². The van der Waals surface area contributed by atoms with Crippen LogP contribution in [0.4, 0.5) is 0 Å². The first-order valence-electron chi connectivity index (χ1n) is 8.32. The molecule has 0 aromatic carbocycles. The predicted molar refractivity (Wildman–Crippen MR) is 87.1 cm³/mol. The smallest absolute Gasteiger partial charge is 0.0224 e. The van der Waals surface area contributed by atoms with E-state index in [1.165, 1.54) is 76.9 Å². The Morgan fingerprint density at radius 2 is 1.95 bits per heavy atom. The lowest BCUT2D eigenvalue weighted by atomic mass is 10.0. The highest BCUT2D eigenvalue weighted by molar-refractivity contribution is 7.98. The van der Waals surface area contributed by atoms with Crippen molar-refractivity contribution in [2.24, 2.45) is 0 Å². The molecule has 3 heteroatoms. The van der Waals surface area contributed by atoms with Crippen LogP contribution < -0.4 is 0 Å². The molecule has 2 aliphatic heterocycles. The minimum Gasteiger partial charge on any atom is -0.298 e. The highest BCUT2D eigenvalue weighted by Gasteiger charge is 2.34. The van der Waals surface area contributed by atoms with Crippen molar-refractivity contribution in [1.29, 1.82) is 0 Å². The second kappa shape index (κ2) is 8.53. The van der Waals surface area contributed by atoms with Crippen molar-refractivity contribution >= 4 is 11.8 Å². The minimum atomic E-state index is 0.834. The lowest BCUT2D eigenvalue weighted by Gasteiger charge is -2.43. The lowest BCUT2D eigenvalue weighted by Crippen LogP contribution is -2.55. The van der Waals surface area contributed by atoms with E-state index in [1.807, 2.05) is 11.8 Å². The molecule has 2 atom stereocenters. The maximum atomic E-state index is 2.81. The number of rotatable bonds is 8. The van der Waals surface area contributed by atoms with Crippen molar-refractivity contribution in [2.75, 3.05) is 38.2 Å². The molecule has 2 unspecified atom stereocenters. The Hall–Kier alpha value is 0.270. The van der Waals surface area contributed by atoms with Gasteiger partial charge in [-0.1, -0.05) is 19.8 Å². The number of thioether (sulfide) groups is 1. The molecule has 0 saturated carbocycles. The van der Waals surface area contributed by atoms with E-state index in [0.717, 1.165) is 12.1 Å². The van der Waals surface area contributed by atoms with E-state index in [1.54, 1.807) is 0 Å². The molecule has 0 spiro atoms. The predicted octanol–water partition coefficient (Wildman–Crippen LogP) is 3.47. The van der Waals surface area contributed by atoms with E-state index in [2.05, 4.69) is 23.0 Å². The Morgan fingerprint density at radius 3 is 2.74 bits per heavy atom.